The van der Waals surface area contributed by atoms with Crippen molar-refractivity contribution < 1.29 is 0 Å². The number of anilines is 2. The number of nitrogens with two attached hydrogens (primary N) is 2. The average Bonchev–Trinajstić information content (AvgIpc) is 2.58. The van der Waals surface area contributed by atoms with Crippen molar-refractivity contribution in [1.29, 1.82) is 0 Å². The lowest BCUT2D eigenvalue weighted by molar-refractivity contribution is 0.793. The van der Waals surface area contributed by atoms with E-state index in [-0.39, 0.29) is 0 Å². The second kappa shape index (κ2) is 8.94. The van der Waals surface area contributed by atoms with E-state index in [0.29, 0.717) is 0 Å². The number of nitrogen functional groups attached to an aromatic ring is 2. The van der Waals surface area contributed by atoms with Gasteiger partial charge in [0.2, 0.25) is 0 Å². The van der Waals surface area contributed by atoms with Crippen LogP contribution in [-0.2, 0) is 19.3 Å². The van der Waals surface area contributed by atoms with Crippen molar-refractivity contribution in [3.05, 3.63) is 57.6 Å². The number of hydrogen-bond acceptors (Lipinski definition) is 2. The van der Waals surface area contributed by atoms with E-state index in [4.69, 9.17) is 11.5 Å². The SMILES string of the molecule is CCCCc1cc(Cc2cc(C)c(N)c(CCCC)c2)cc(C)c1N. The van der Waals surface area contributed by atoms with Crippen LogP contribution in [0.25, 0.3) is 0 Å². The molecule has 0 aliphatic heterocycles. The van der Waals surface area contributed by atoms with Gasteiger partial charge in [-0.25, -0.2) is 0 Å². The average molecular weight is 339 g/mol. The predicted octanol–water partition coefficient (Wildman–Crippen LogP) is 5.74. The van der Waals surface area contributed by atoms with Crippen LogP contribution in [0.15, 0.2) is 24.3 Å². The Morgan fingerprint density at radius 3 is 1.44 bits per heavy atom. The molecule has 25 heavy (non-hydrogen) atoms. The summed E-state index contributed by atoms with van der Waals surface area (Å²) < 4.78 is 0. The number of unbranched alkanes of at least 4 members (excludes halogenated alkanes) is 2. The first-order valence-electron chi connectivity index (χ1n) is 9.72. The lowest BCUT2D eigenvalue weighted by Gasteiger charge is -2.14. The van der Waals surface area contributed by atoms with E-state index >= 15 is 0 Å². The van der Waals surface area contributed by atoms with E-state index in [2.05, 4.69) is 52.0 Å². The molecule has 0 saturated heterocycles. The lowest BCUT2D eigenvalue weighted by atomic mass is 9.93. The summed E-state index contributed by atoms with van der Waals surface area (Å²) in [6.07, 6.45) is 7.85. The molecule has 0 aliphatic rings. The Balaban J connectivity index is 2.29. The monoisotopic (exact) mass is 338 g/mol. The zero-order valence-electron chi connectivity index (χ0n) is 16.4. The standard InChI is InChI=1S/C23H34N2/c1-5-7-9-20-14-18(11-16(3)22(20)24)13-19-12-17(4)23(25)21(15-19)10-8-6-2/h11-12,14-15H,5-10,13,24-25H2,1-4H3. The number of aryl methyl sites for hydroxylation is 4. The maximum absolute atomic E-state index is 6.29. The van der Waals surface area contributed by atoms with Crippen LogP contribution in [0.1, 0.15) is 72.9 Å². The molecule has 0 amide bonds. The molecule has 2 heteroatoms. The van der Waals surface area contributed by atoms with E-state index in [0.717, 1.165) is 30.6 Å². The molecular weight excluding hydrogens is 304 g/mol. The van der Waals surface area contributed by atoms with Gasteiger partial charge in [-0.05, 0) is 79.3 Å². The number of benzene rings is 2. The minimum absolute atomic E-state index is 0.945. The van der Waals surface area contributed by atoms with Crippen molar-refractivity contribution in [2.45, 2.75) is 72.6 Å². The summed E-state index contributed by atoms with van der Waals surface area (Å²) in [4.78, 5) is 0. The summed E-state index contributed by atoms with van der Waals surface area (Å²) >= 11 is 0. The Kier molecular flexibility index (Phi) is 6.92. The highest BCUT2D eigenvalue weighted by molar-refractivity contribution is 5.58. The second-order valence-corrected chi connectivity index (χ2v) is 7.35. The van der Waals surface area contributed by atoms with E-state index < -0.39 is 0 Å². The number of rotatable bonds is 8. The van der Waals surface area contributed by atoms with E-state index in [9.17, 15) is 0 Å². The van der Waals surface area contributed by atoms with E-state index in [1.807, 2.05) is 0 Å². The molecule has 0 radical (unpaired) electrons. The van der Waals surface area contributed by atoms with Gasteiger partial charge in [-0.3, -0.25) is 0 Å². The fraction of sp³-hybridized carbons (Fsp3) is 0.478. The van der Waals surface area contributed by atoms with Crippen LogP contribution in [0.4, 0.5) is 11.4 Å². The highest BCUT2D eigenvalue weighted by Crippen LogP contribution is 2.26. The fourth-order valence-electron chi connectivity index (χ4n) is 3.49. The van der Waals surface area contributed by atoms with Crippen molar-refractivity contribution in [3.8, 4) is 0 Å². The normalized spacial score (nSPS) is 11.0. The summed E-state index contributed by atoms with van der Waals surface area (Å²) in [6.45, 7) is 8.69. The van der Waals surface area contributed by atoms with Gasteiger partial charge in [-0.15, -0.1) is 0 Å². The van der Waals surface area contributed by atoms with Crippen molar-refractivity contribution in [1.82, 2.24) is 0 Å². The van der Waals surface area contributed by atoms with Crippen molar-refractivity contribution in [3.63, 3.8) is 0 Å². The van der Waals surface area contributed by atoms with Crippen molar-refractivity contribution in [2.24, 2.45) is 0 Å². The molecule has 0 saturated carbocycles. The summed E-state index contributed by atoms with van der Waals surface area (Å²) in [5, 5.41) is 0. The molecule has 2 rings (SSSR count). The molecule has 0 heterocycles. The summed E-state index contributed by atoms with van der Waals surface area (Å²) in [7, 11) is 0. The largest absolute Gasteiger partial charge is 0.398 e. The Labute approximate surface area is 153 Å². The molecule has 136 valence electrons. The summed E-state index contributed by atoms with van der Waals surface area (Å²) in [5.41, 5.74) is 22.2. The minimum atomic E-state index is 0.945. The third kappa shape index (κ3) is 5.01. The molecule has 4 N–H and O–H groups in total. The second-order valence-electron chi connectivity index (χ2n) is 7.35. The first-order chi connectivity index (χ1) is 12.0. The zero-order valence-corrected chi connectivity index (χ0v) is 16.4. The van der Waals surface area contributed by atoms with Gasteiger partial charge in [0, 0.05) is 11.4 Å². The molecule has 0 bridgehead atoms. The van der Waals surface area contributed by atoms with Gasteiger partial charge < -0.3 is 11.5 Å². The molecular formula is C23H34N2. The highest BCUT2D eigenvalue weighted by Gasteiger charge is 2.09. The Bertz CT molecular complexity index is 655. The predicted molar refractivity (Wildman–Crippen MR) is 111 cm³/mol. The summed E-state index contributed by atoms with van der Waals surface area (Å²) in [5.74, 6) is 0. The molecule has 0 spiro atoms. The van der Waals surface area contributed by atoms with Gasteiger partial charge in [-0.1, -0.05) is 51.0 Å². The Morgan fingerprint density at radius 1 is 0.680 bits per heavy atom. The van der Waals surface area contributed by atoms with Gasteiger partial charge in [0.05, 0.1) is 0 Å². The summed E-state index contributed by atoms with van der Waals surface area (Å²) in [6, 6.07) is 9.08. The van der Waals surface area contributed by atoms with Crippen LogP contribution in [0, 0.1) is 13.8 Å². The molecule has 0 aliphatic carbocycles. The van der Waals surface area contributed by atoms with Crippen LogP contribution in [0.3, 0.4) is 0 Å². The molecule has 2 aromatic rings. The van der Waals surface area contributed by atoms with Crippen LogP contribution in [0.5, 0.6) is 0 Å². The van der Waals surface area contributed by atoms with Crippen molar-refractivity contribution in [2.75, 3.05) is 11.5 Å². The van der Waals surface area contributed by atoms with Gasteiger partial charge in [0.25, 0.3) is 0 Å². The maximum atomic E-state index is 6.29. The van der Waals surface area contributed by atoms with Crippen LogP contribution >= 0.6 is 0 Å². The molecule has 0 unspecified atom stereocenters. The quantitative estimate of drug-likeness (QED) is 0.603. The Morgan fingerprint density at radius 2 is 1.08 bits per heavy atom. The number of hydrogen-bond donors (Lipinski definition) is 2. The molecule has 2 nitrogen and oxygen atoms in total. The van der Waals surface area contributed by atoms with Crippen molar-refractivity contribution >= 4 is 11.4 Å². The third-order valence-electron chi connectivity index (χ3n) is 5.07. The smallest absolute Gasteiger partial charge is 0.0376 e. The lowest BCUT2D eigenvalue weighted by Crippen LogP contribution is -2.03. The third-order valence-corrected chi connectivity index (χ3v) is 5.07. The molecule has 2 aromatic carbocycles. The van der Waals surface area contributed by atoms with Gasteiger partial charge in [-0.2, -0.15) is 0 Å². The molecule has 0 fully saturated rings. The Hall–Kier alpha value is -1.96. The van der Waals surface area contributed by atoms with Gasteiger partial charge in [0.1, 0.15) is 0 Å². The van der Waals surface area contributed by atoms with Crippen LogP contribution in [-0.4, -0.2) is 0 Å². The molecule has 0 aromatic heterocycles. The first kappa shape index (κ1) is 19.4. The first-order valence-corrected chi connectivity index (χ1v) is 9.72. The van der Waals surface area contributed by atoms with Crippen LogP contribution in [0.2, 0.25) is 0 Å². The van der Waals surface area contributed by atoms with Crippen LogP contribution < -0.4 is 11.5 Å². The van der Waals surface area contributed by atoms with Gasteiger partial charge >= 0.3 is 0 Å². The topological polar surface area (TPSA) is 52.0 Å². The fourth-order valence-corrected chi connectivity index (χ4v) is 3.49. The van der Waals surface area contributed by atoms with E-state index in [1.54, 1.807) is 0 Å². The van der Waals surface area contributed by atoms with Gasteiger partial charge in [0.15, 0.2) is 0 Å². The maximum Gasteiger partial charge on any atom is 0.0376 e. The molecule has 0 atom stereocenters. The minimum Gasteiger partial charge on any atom is -0.398 e. The zero-order chi connectivity index (χ0) is 18.4. The van der Waals surface area contributed by atoms with E-state index in [1.165, 1.54) is 59.1 Å². The highest BCUT2D eigenvalue weighted by atomic mass is 14.6.